The third-order valence-electron chi connectivity index (χ3n) is 4.81. The van der Waals surface area contributed by atoms with Crippen LogP contribution in [0.15, 0.2) is 0 Å². The molecule has 1 aliphatic heterocycles. The first-order chi connectivity index (χ1) is 8.83. The van der Waals surface area contributed by atoms with Gasteiger partial charge >= 0.3 is 0 Å². The summed E-state index contributed by atoms with van der Waals surface area (Å²) in [4.78, 5) is 2.74. The van der Waals surface area contributed by atoms with E-state index in [0.717, 1.165) is 32.8 Å². The van der Waals surface area contributed by atoms with Gasteiger partial charge in [0.05, 0.1) is 13.2 Å². The highest BCUT2D eigenvalue weighted by Gasteiger charge is 2.45. The van der Waals surface area contributed by atoms with Crippen molar-refractivity contribution in [1.82, 2.24) is 10.2 Å². The molecule has 0 radical (unpaired) electrons. The van der Waals surface area contributed by atoms with Crippen molar-refractivity contribution in [3.05, 3.63) is 0 Å². The smallest absolute Gasteiger partial charge is 0.0594 e. The summed E-state index contributed by atoms with van der Waals surface area (Å²) in [6.45, 7) is 9.86. The molecule has 0 bridgehead atoms. The Morgan fingerprint density at radius 3 is 2.39 bits per heavy atom. The molecule has 106 valence electrons. The molecule has 2 fully saturated rings. The van der Waals surface area contributed by atoms with E-state index in [-0.39, 0.29) is 0 Å². The van der Waals surface area contributed by atoms with Crippen LogP contribution in [0.4, 0.5) is 0 Å². The van der Waals surface area contributed by atoms with E-state index >= 15 is 0 Å². The van der Waals surface area contributed by atoms with Crippen molar-refractivity contribution in [2.75, 3.05) is 32.8 Å². The summed E-state index contributed by atoms with van der Waals surface area (Å²) in [7, 11) is 0. The zero-order valence-electron chi connectivity index (χ0n) is 12.2. The van der Waals surface area contributed by atoms with Gasteiger partial charge in [0.1, 0.15) is 0 Å². The molecule has 3 heteroatoms. The Labute approximate surface area is 112 Å². The van der Waals surface area contributed by atoms with Gasteiger partial charge in [-0.15, -0.1) is 0 Å². The van der Waals surface area contributed by atoms with Gasteiger partial charge in [-0.05, 0) is 32.2 Å². The Morgan fingerprint density at radius 1 is 1.17 bits per heavy atom. The molecule has 2 rings (SSSR count). The molecule has 0 amide bonds. The van der Waals surface area contributed by atoms with Crippen LogP contribution < -0.4 is 5.32 Å². The summed E-state index contributed by atoms with van der Waals surface area (Å²) in [6, 6.07) is 0.665. The zero-order valence-corrected chi connectivity index (χ0v) is 12.2. The van der Waals surface area contributed by atoms with Crippen LogP contribution >= 0.6 is 0 Å². The summed E-state index contributed by atoms with van der Waals surface area (Å²) in [6.07, 6.45) is 8.04. The first kappa shape index (κ1) is 14.3. The van der Waals surface area contributed by atoms with Crippen LogP contribution in [0.25, 0.3) is 0 Å². The fourth-order valence-corrected chi connectivity index (χ4v) is 3.91. The summed E-state index contributed by atoms with van der Waals surface area (Å²) < 4.78 is 5.54. The van der Waals surface area contributed by atoms with Crippen LogP contribution in [-0.4, -0.2) is 49.3 Å². The Morgan fingerprint density at radius 2 is 1.83 bits per heavy atom. The highest BCUT2D eigenvalue weighted by Crippen LogP contribution is 2.39. The van der Waals surface area contributed by atoms with Crippen molar-refractivity contribution < 1.29 is 4.74 Å². The van der Waals surface area contributed by atoms with Gasteiger partial charge in [0.15, 0.2) is 0 Å². The standard InChI is InChI=1S/C15H30N2O/c1-3-9-16-14(4-2)15(7-5-6-8-15)17-10-12-18-13-11-17/h14,16H,3-13H2,1-2H3. The van der Waals surface area contributed by atoms with Gasteiger partial charge in [-0.2, -0.15) is 0 Å². The molecule has 0 spiro atoms. The van der Waals surface area contributed by atoms with Crippen LogP contribution in [0.3, 0.4) is 0 Å². The molecule has 0 aromatic heterocycles. The van der Waals surface area contributed by atoms with E-state index in [1.807, 2.05) is 0 Å². The van der Waals surface area contributed by atoms with E-state index in [2.05, 4.69) is 24.1 Å². The zero-order chi connectivity index (χ0) is 12.8. The van der Waals surface area contributed by atoms with Crippen molar-refractivity contribution in [3.8, 4) is 0 Å². The van der Waals surface area contributed by atoms with Crippen molar-refractivity contribution in [2.24, 2.45) is 0 Å². The molecule has 1 aliphatic carbocycles. The minimum Gasteiger partial charge on any atom is -0.379 e. The summed E-state index contributed by atoms with van der Waals surface area (Å²) in [5.74, 6) is 0. The molecular weight excluding hydrogens is 224 g/mol. The lowest BCUT2D eigenvalue weighted by molar-refractivity contribution is -0.0362. The predicted octanol–water partition coefficient (Wildman–Crippen LogP) is 2.41. The van der Waals surface area contributed by atoms with Crippen molar-refractivity contribution >= 4 is 0 Å². The maximum Gasteiger partial charge on any atom is 0.0594 e. The SMILES string of the molecule is CCCNC(CC)C1(N2CCOCC2)CCCC1. The summed E-state index contributed by atoms with van der Waals surface area (Å²) in [5, 5.41) is 3.82. The van der Waals surface area contributed by atoms with Gasteiger partial charge < -0.3 is 10.1 Å². The van der Waals surface area contributed by atoms with Crippen LogP contribution in [-0.2, 0) is 4.74 Å². The second kappa shape index (κ2) is 6.88. The predicted molar refractivity (Wildman–Crippen MR) is 76.0 cm³/mol. The normalized spacial score (nSPS) is 26.3. The maximum absolute atomic E-state index is 5.54. The topological polar surface area (TPSA) is 24.5 Å². The van der Waals surface area contributed by atoms with Gasteiger partial charge in [-0.25, -0.2) is 0 Å². The molecule has 1 heterocycles. The van der Waals surface area contributed by atoms with E-state index in [1.165, 1.54) is 38.5 Å². The fraction of sp³-hybridized carbons (Fsp3) is 1.00. The summed E-state index contributed by atoms with van der Waals surface area (Å²) in [5.41, 5.74) is 0.424. The Balaban J connectivity index is 2.07. The van der Waals surface area contributed by atoms with Crippen molar-refractivity contribution in [2.45, 2.75) is 64.0 Å². The molecule has 0 aromatic rings. The Bertz CT molecular complexity index is 233. The maximum atomic E-state index is 5.54. The molecule has 0 aromatic carbocycles. The van der Waals surface area contributed by atoms with Gasteiger partial charge in [0.2, 0.25) is 0 Å². The quantitative estimate of drug-likeness (QED) is 0.788. The van der Waals surface area contributed by atoms with Gasteiger partial charge in [0, 0.05) is 24.7 Å². The van der Waals surface area contributed by atoms with Crippen LogP contribution in [0.1, 0.15) is 52.4 Å². The number of nitrogens with zero attached hydrogens (tertiary/aromatic N) is 1. The average Bonchev–Trinajstić information content (AvgIpc) is 2.91. The Hall–Kier alpha value is -0.120. The number of hydrogen-bond acceptors (Lipinski definition) is 3. The first-order valence-electron chi connectivity index (χ1n) is 7.89. The lowest BCUT2D eigenvalue weighted by Gasteiger charge is -2.48. The lowest BCUT2D eigenvalue weighted by atomic mass is 9.84. The van der Waals surface area contributed by atoms with Gasteiger partial charge in [-0.1, -0.05) is 26.7 Å². The molecule has 1 saturated carbocycles. The number of ether oxygens (including phenoxy) is 1. The van der Waals surface area contributed by atoms with Crippen molar-refractivity contribution in [3.63, 3.8) is 0 Å². The second-order valence-electron chi connectivity index (χ2n) is 5.83. The van der Waals surface area contributed by atoms with E-state index in [9.17, 15) is 0 Å². The van der Waals surface area contributed by atoms with E-state index in [4.69, 9.17) is 4.74 Å². The van der Waals surface area contributed by atoms with Crippen LogP contribution in [0.2, 0.25) is 0 Å². The highest BCUT2D eigenvalue weighted by atomic mass is 16.5. The van der Waals surface area contributed by atoms with Crippen LogP contribution in [0.5, 0.6) is 0 Å². The molecular formula is C15H30N2O. The molecule has 1 N–H and O–H groups in total. The number of rotatable bonds is 6. The van der Waals surface area contributed by atoms with Gasteiger partial charge in [-0.3, -0.25) is 4.90 Å². The van der Waals surface area contributed by atoms with Crippen molar-refractivity contribution in [1.29, 1.82) is 0 Å². The molecule has 1 saturated heterocycles. The summed E-state index contributed by atoms with van der Waals surface area (Å²) >= 11 is 0. The van der Waals surface area contributed by atoms with E-state index in [1.54, 1.807) is 0 Å². The molecule has 1 unspecified atom stereocenters. The molecule has 18 heavy (non-hydrogen) atoms. The lowest BCUT2D eigenvalue weighted by Crippen LogP contribution is -2.62. The molecule has 3 nitrogen and oxygen atoms in total. The van der Waals surface area contributed by atoms with E-state index < -0.39 is 0 Å². The number of hydrogen-bond donors (Lipinski definition) is 1. The minimum atomic E-state index is 0.424. The molecule has 2 aliphatic rings. The minimum absolute atomic E-state index is 0.424. The largest absolute Gasteiger partial charge is 0.379 e. The monoisotopic (exact) mass is 254 g/mol. The third-order valence-corrected chi connectivity index (χ3v) is 4.81. The van der Waals surface area contributed by atoms with E-state index in [0.29, 0.717) is 11.6 Å². The third kappa shape index (κ3) is 2.89. The van der Waals surface area contributed by atoms with Crippen LogP contribution in [0, 0.1) is 0 Å². The first-order valence-corrected chi connectivity index (χ1v) is 7.89. The highest BCUT2D eigenvalue weighted by molar-refractivity contribution is 5.03. The number of nitrogens with one attached hydrogen (secondary N) is 1. The van der Waals surface area contributed by atoms with Gasteiger partial charge in [0.25, 0.3) is 0 Å². The molecule has 1 atom stereocenters. The second-order valence-corrected chi connectivity index (χ2v) is 5.83. The Kier molecular flexibility index (Phi) is 5.46. The fourth-order valence-electron chi connectivity index (χ4n) is 3.91. The average molecular weight is 254 g/mol. The number of morpholine rings is 1.